The molecule has 0 radical (unpaired) electrons. The summed E-state index contributed by atoms with van der Waals surface area (Å²) < 4.78 is 5.65. The van der Waals surface area contributed by atoms with E-state index >= 15 is 0 Å². The molecular weight excluding hydrogens is 577 g/mol. The molecule has 0 aliphatic carbocycles. The SMILES string of the molecule is C=CC(=O)Nc1cc(NC(=C)/N=C\C(Cl)=C(C)C)c(OC)cc1N1CCC(N(CC)CC)C1.Cc1ccccc1P(C)C. The van der Waals surface area contributed by atoms with Gasteiger partial charge in [-0.1, -0.05) is 76.4 Å². The Morgan fingerprint density at radius 1 is 1.19 bits per heavy atom. The zero-order valence-corrected chi connectivity index (χ0v) is 28.8. The molecule has 2 aromatic rings. The van der Waals surface area contributed by atoms with Gasteiger partial charge in [-0.15, -0.1) is 0 Å². The van der Waals surface area contributed by atoms with Crippen LogP contribution in [0.15, 0.2) is 77.1 Å². The van der Waals surface area contributed by atoms with Crippen molar-refractivity contribution in [3.63, 3.8) is 0 Å². The Labute approximate surface area is 265 Å². The second-order valence-corrected chi connectivity index (χ2v) is 13.4. The fourth-order valence-electron chi connectivity index (χ4n) is 4.90. The van der Waals surface area contributed by atoms with Gasteiger partial charge in [-0.2, -0.15) is 0 Å². The predicted molar refractivity (Wildman–Crippen MR) is 190 cm³/mol. The van der Waals surface area contributed by atoms with Gasteiger partial charge in [-0.3, -0.25) is 9.69 Å². The Morgan fingerprint density at radius 3 is 2.40 bits per heavy atom. The van der Waals surface area contributed by atoms with Gasteiger partial charge < -0.3 is 20.3 Å². The van der Waals surface area contributed by atoms with E-state index in [0.29, 0.717) is 34.0 Å². The lowest BCUT2D eigenvalue weighted by atomic mass is 10.2. The van der Waals surface area contributed by atoms with Crippen LogP contribution in [0.4, 0.5) is 17.1 Å². The minimum atomic E-state index is -0.279. The van der Waals surface area contributed by atoms with Crippen molar-refractivity contribution in [2.45, 2.75) is 47.1 Å². The zero-order chi connectivity index (χ0) is 32.1. The van der Waals surface area contributed by atoms with E-state index in [0.717, 1.165) is 43.9 Å². The first kappa shape index (κ1) is 36.1. The maximum absolute atomic E-state index is 12.2. The molecule has 1 unspecified atom stereocenters. The van der Waals surface area contributed by atoms with Crippen LogP contribution in [-0.4, -0.2) is 69.7 Å². The van der Waals surface area contributed by atoms with Gasteiger partial charge in [0.15, 0.2) is 0 Å². The number of rotatable bonds is 12. The first-order valence-corrected chi connectivity index (χ1v) is 17.3. The fraction of sp³-hybridized carbons (Fsp3) is 0.412. The van der Waals surface area contributed by atoms with E-state index < -0.39 is 0 Å². The van der Waals surface area contributed by atoms with Crippen LogP contribution in [0.3, 0.4) is 0 Å². The highest BCUT2D eigenvalue weighted by Gasteiger charge is 2.28. The average molecular weight is 626 g/mol. The topological polar surface area (TPSA) is 69.2 Å². The third-order valence-corrected chi connectivity index (χ3v) is 9.22. The molecule has 0 spiro atoms. The molecule has 1 amide bonds. The number of methoxy groups -OCH3 is 1. The van der Waals surface area contributed by atoms with Gasteiger partial charge in [0.2, 0.25) is 5.91 Å². The van der Waals surface area contributed by atoms with Crippen molar-refractivity contribution in [3.8, 4) is 5.75 Å². The van der Waals surface area contributed by atoms with Crippen LogP contribution in [0, 0.1) is 6.92 Å². The number of aryl methyl sites for hydroxylation is 1. The van der Waals surface area contributed by atoms with Crippen LogP contribution in [0.25, 0.3) is 0 Å². The summed E-state index contributed by atoms with van der Waals surface area (Å²) >= 11 is 6.14. The molecule has 9 heteroatoms. The van der Waals surface area contributed by atoms with Gasteiger partial charge in [-0.25, -0.2) is 4.99 Å². The number of carbonyl (C=O) groups excluding carboxylic acids is 1. The molecule has 0 saturated carbocycles. The van der Waals surface area contributed by atoms with Crippen molar-refractivity contribution in [2.75, 3.05) is 62.2 Å². The van der Waals surface area contributed by atoms with E-state index in [1.54, 1.807) is 13.3 Å². The number of benzene rings is 2. The summed E-state index contributed by atoms with van der Waals surface area (Å²) in [7, 11) is 1.70. The fourth-order valence-corrected chi connectivity index (χ4v) is 6.11. The lowest BCUT2D eigenvalue weighted by molar-refractivity contribution is -0.111. The maximum atomic E-state index is 12.2. The number of halogens is 1. The van der Waals surface area contributed by atoms with Gasteiger partial charge in [0.05, 0.1) is 29.2 Å². The summed E-state index contributed by atoms with van der Waals surface area (Å²) in [6, 6.07) is 12.9. The average Bonchev–Trinajstić information content (AvgIpc) is 3.46. The molecular formula is C34H49ClN5O2P. The monoisotopic (exact) mass is 625 g/mol. The number of allylic oxidation sites excluding steroid dienone is 2. The number of ether oxygens (including phenoxy) is 1. The highest BCUT2D eigenvalue weighted by atomic mass is 35.5. The van der Waals surface area contributed by atoms with Crippen LogP contribution < -0.4 is 25.6 Å². The Kier molecular flexibility index (Phi) is 15.0. The quantitative estimate of drug-likeness (QED) is 0.145. The predicted octanol–water partition coefficient (Wildman–Crippen LogP) is 7.59. The van der Waals surface area contributed by atoms with Crippen molar-refractivity contribution in [1.82, 2.24) is 4.90 Å². The van der Waals surface area contributed by atoms with Crippen molar-refractivity contribution in [1.29, 1.82) is 0 Å². The number of anilines is 3. The molecule has 3 rings (SSSR count). The molecule has 43 heavy (non-hydrogen) atoms. The highest BCUT2D eigenvalue weighted by molar-refractivity contribution is 7.64. The second kappa shape index (κ2) is 17.9. The molecule has 0 bridgehead atoms. The van der Waals surface area contributed by atoms with E-state index in [2.05, 4.69) is 97.0 Å². The summed E-state index contributed by atoms with van der Waals surface area (Å²) in [5.74, 6) is 0.737. The molecule has 7 nitrogen and oxygen atoms in total. The largest absolute Gasteiger partial charge is 0.494 e. The zero-order valence-electron chi connectivity index (χ0n) is 27.1. The Bertz CT molecular complexity index is 1320. The highest BCUT2D eigenvalue weighted by Crippen LogP contribution is 2.39. The number of hydrogen-bond donors (Lipinski definition) is 2. The Hall–Kier alpha value is -3.12. The molecule has 1 aliphatic heterocycles. The summed E-state index contributed by atoms with van der Waals surface area (Å²) in [6.07, 6.45) is 3.87. The molecule has 2 aromatic carbocycles. The summed E-state index contributed by atoms with van der Waals surface area (Å²) in [4.78, 5) is 21.2. The van der Waals surface area contributed by atoms with Crippen LogP contribution in [0.5, 0.6) is 5.75 Å². The first-order valence-electron chi connectivity index (χ1n) is 14.7. The van der Waals surface area contributed by atoms with Crippen LogP contribution >= 0.6 is 19.5 Å². The van der Waals surface area contributed by atoms with Crippen molar-refractivity contribution in [2.24, 2.45) is 4.99 Å². The van der Waals surface area contributed by atoms with Crippen molar-refractivity contribution >= 4 is 54.0 Å². The lowest BCUT2D eigenvalue weighted by Crippen LogP contribution is -2.37. The number of nitrogens with one attached hydrogen (secondary N) is 2. The normalized spacial score (nSPS) is 14.4. The van der Waals surface area contributed by atoms with Crippen molar-refractivity contribution < 1.29 is 9.53 Å². The molecule has 1 fully saturated rings. The van der Waals surface area contributed by atoms with Gasteiger partial charge >= 0.3 is 0 Å². The summed E-state index contributed by atoms with van der Waals surface area (Å²) in [5.41, 5.74) is 4.60. The number of hydrogen-bond acceptors (Lipinski definition) is 6. The van der Waals surface area contributed by atoms with Crippen molar-refractivity contribution in [3.05, 3.63) is 77.6 Å². The third kappa shape index (κ3) is 10.8. The summed E-state index contributed by atoms with van der Waals surface area (Å²) in [5, 5.41) is 8.16. The third-order valence-electron chi connectivity index (χ3n) is 7.28. The molecule has 1 heterocycles. The Balaban J connectivity index is 0.000000543. The van der Waals surface area contributed by atoms with E-state index in [4.69, 9.17) is 16.3 Å². The van der Waals surface area contributed by atoms with Gasteiger partial charge in [0.25, 0.3) is 0 Å². The van der Waals surface area contributed by atoms with Crippen LogP contribution in [-0.2, 0) is 4.79 Å². The lowest BCUT2D eigenvalue weighted by Gasteiger charge is -2.28. The van der Waals surface area contributed by atoms with Crippen LogP contribution in [0.1, 0.15) is 39.7 Å². The summed E-state index contributed by atoms with van der Waals surface area (Å²) in [6.45, 7) is 26.3. The molecule has 234 valence electrons. The van der Waals surface area contributed by atoms with Gasteiger partial charge in [0, 0.05) is 31.4 Å². The molecule has 2 N–H and O–H groups in total. The Morgan fingerprint density at radius 2 is 1.86 bits per heavy atom. The first-order chi connectivity index (χ1) is 20.4. The maximum Gasteiger partial charge on any atom is 0.247 e. The molecule has 1 aliphatic rings. The van der Waals surface area contributed by atoms with Gasteiger partial charge in [-0.05, 0) is 76.6 Å². The van der Waals surface area contributed by atoms with Crippen LogP contribution in [0.2, 0.25) is 0 Å². The number of amides is 1. The van der Waals surface area contributed by atoms with E-state index in [9.17, 15) is 4.79 Å². The van der Waals surface area contributed by atoms with Gasteiger partial charge in [0.1, 0.15) is 11.6 Å². The smallest absolute Gasteiger partial charge is 0.247 e. The molecule has 1 saturated heterocycles. The standard InChI is InChI=1S/C25H36ClN5O2.C9H13P/c1-8-25(32)29-21-13-22(28-18(6)27-15-20(26)17(4)5)24(33-7)14-23(21)31-12-11-19(16-31)30(9-2)10-3;1-8-6-4-5-7-9(8)10(2)3/h8,13-15,19,28H,1,6,9-12,16H2,2-5,7H3,(H,29,32);4-7H,1-3H3/b27-15-;. The minimum Gasteiger partial charge on any atom is -0.494 e. The van der Waals surface area contributed by atoms with E-state index in [-0.39, 0.29) is 13.8 Å². The van der Waals surface area contributed by atoms with E-state index in [1.165, 1.54) is 16.9 Å². The van der Waals surface area contributed by atoms with E-state index in [1.807, 2.05) is 26.0 Å². The molecule has 0 aromatic heterocycles. The number of aliphatic imine (C=N–C) groups is 1. The number of carbonyl (C=O) groups is 1. The second-order valence-electron chi connectivity index (χ2n) is 10.7. The minimum absolute atomic E-state index is 0.0836. The molecule has 1 atom stereocenters. The number of nitrogens with zero attached hydrogens (tertiary/aromatic N) is 3. The number of likely N-dealkylation sites (N-methyl/N-ethyl adjacent to an activating group) is 1.